The lowest BCUT2D eigenvalue weighted by molar-refractivity contribution is 0.297. The molecule has 0 aromatic rings. The summed E-state index contributed by atoms with van der Waals surface area (Å²) in [4.78, 5) is 2.39. The Morgan fingerprint density at radius 1 is 1.33 bits per heavy atom. The first-order valence-corrected chi connectivity index (χ1v) is 5.25. The molecule has 0 radical (unpaired) electrons. The van der Waals surface area contributed by atoms with Crippen LogP contribution >= 0.6 is 0 Å². The van der Waals surface area contributed by atoms with Crippen LogP contribution in [-0.4, -0.2) is 37.6 Å². The molecule has 1 saturated heterocycles. The van der Waals surface area contributed by atoms with E-state index in [0.717, 1.165) is 12.6 Å². The van der Waals surface area contributed by atoms with Gasteiger partial charge in [-0.25, -0.2) is 0 Å². The average Bonchev–Trinajstić information content (AvgIpc) is 2.33. The zero-order valence-electron chi connectivity index (χ0n) is 8.47. The highest BCUT2D eigenvalue weighted by Crippen LogP contribution is 2.08. The molecule has 2 heteroatoms. The molecule has 0 aromatic carbocycles. The number of rotatable bonds is 3. The topological polar surface area (TPSA) is 15.3 Å². The fourth-order valence-corrected chi connectivity index (χ4v) is 1.76. The Morgan fingerprint density at radius 2 is 2.17 bits per heavy atom. The van der Waals surface area contributed by atoms with E-state index in [-0.39, 0.29) is 0 Å². The number of hydrogen-bond acceptors (Lipinski definition) is 2. The van der Waals surface area contributed by atoms with E-state index in [2.05, 4.69) is 24.2 Å². The summed E-state index contributed by atoms with van der Waals surface area (Å²) in [5.41, 5.74) is 0. The van der Waals surface area contributed by atoms with Crippen LogP contribution in [0.4, 0.5) is 0 Å². The molecule has 1 fully saturated rings. The Morgan fingerprint density at radius 3 is 2.92 bits per heavy atom. The van der Waals surface area contributed by atoms with E-state index >= 15 is 0 Å². The van der Waals surface area contributed by atoms with Crippen LogP contribution in [0.1, 0.15) is 32.6 Å². The van der Waals surface area contributed by atoms with E-state index in [9.17, 15) is 0 Å². The standard InChI is InChI=1S/C10H22N2/c1-3-12(2)9-10-7-5-4-6-8-11-10/h10-11H,3-9H2,1-2H3. The minimum absolute atomic E-state index is 0.748. The van der Waals surface area contributed by atoms with Crippen molar-refractivity contribution in [2.75, 3.05) is 26.7 Å². The summed E-state index contributed by atoms with van der Waals surface area (Å²) >= 11 is 0. The van der Waals surface area contributed by atoms with Gasteiger partial charge in [0.15, 0.2) is 0 Å². The van der Waals surface area contributed by atoms with Gasteiger partial charge in [0, 0.05) is 12.6 Å². The summed E-state index contributed by atoms with van der Waals surface area (Å²) in [6.07, 6.45) is 5.56. The van der Waals surface area contributed by atoms with Gasteiger partial charge in [-0.1, -0.05) is 19.8 Å². The predicted octanol–water partition coefficient (Wildman–Crippen LogP) is 1.47. The van der Waals surface area contributed by atoms with Crippen molar-refractivity contribution in [3.63, 3.8) is 0 Å². The maximum atomic E-state index is 3.61. The molecule has 1 rings (SSSR count). The van der Waals surface area contributed by atoms with Crippen LogP contribution in [0.3, 0.4) is 0 Å². The normalized spacial score (nSPS) is 25.8. The molecule has 12 heavy (non-hydrogen) atoms. The molecule has 1 N–H and O–H groups in total. The van der Waals surface area contributed by atoms with Crippen molar-refractivity contribution in [2.45, 2.75) is 38.6 Å². The maximum absolute atomic E-state index is 3.61. The van der Waals surface area contributed by atoms with Crippen molar-refractivity contribution in [1.82, 2.24) is 10.2 Å². The first-order valence-electron chi connectivity index (χ1n) is 5.25. The third-order valence-electron chi connectivity index (χ3n) is 2.73. The monoisotopic (exact) mass is 170 g/mol. The molecule has 1 aliphatic rings. The van der Waals surface area contributed by atoms with E-state index in [4.69, 9.17) is 0 Å². The molecule has 0 amide bonds. The minimum atomic E-state index is 0.748. The molecule has 0 saturated carbocycles. The summed E-state index contributed by atoms with van der Waals surface area (Å²) in [6, 6.07) is 0.748. The second-order valence-electron chi connectivity index (χ2n) is 3.86. The molecule has 72 valence electrons. The van der Waals surface area contributed by atoms with Crippen LogP contribution in [0, 0.1) is 0 Å². The Hall–Kier alpha value is -0.0800. The van der Waals surface area contributed by atoms with Crippen molar-refractivity contribution in [2.24, 2.45) is 0 Å². The van der Waals surface area contributed by atoms with E-state index < -0.39 is 0 Å². The van der Waals surface area contributed by atoms with Crippen LogP contribution in [-0.2, 0) is 0 Å². The van der Waals surface area contributed by atoms with Crippen molar-refractivity contribution in [3.05, 3.63) is 0 Å². The summed E-state index contributed by atoms with van der Waals surface area (Å²) in [7, 11) is 2.20. The third-order valence-corrected chi connectivity index (χ3v) is 2.73. The molecule has 1 unspecified atom stereocenters. The number of hydrogen-bond donors (Lipinski definition) is 1. The summed E-state index contributed by atoms with van der Waals surface area (Å²) in [6.45, 7) is 5.83. The van der Waals surface area contributed by atoms with E-state index in [1.807, 2.05) is 0 Å². The minimum Gasteiger partial charge on any atom is -0.313 e. The van der Waals surface area contributed by atoms with Gasteiger partial charge in [-0.15, -0.1) is 0 Å². The lowest BCUT2D eigenvalue weighted by Gasteiger charge is -2.22. The molecule has 0 bridgehead atoms. The second-order valence-corrected chi connectivity index (χ2v) is 3.86. The zero-order chi connectivity index (χ0) is 8.81. The largest absolute Gasteiger partial charge is 0.313 e. The number of nitrogens with one attached hydrogen (secondary N) is 1. The lowest BCUT2D eigenvalue weighted by Crippen LogP contribution is -2.38. The van der Waals surface area contributed by atoms with Gasteiger partial charge < -0.3 is 10.2 Å². The van der Waals surface area contributed by atoms with Crippen molar-refractivity contribution in [1.29, 1.82) is 0 Å². The SMILES string of the molecule is CCN(C)CC1CCCCCN1. The Balaban J connectivity index is 2.20. The highest BCUT2D eigenvalue weighted by Gasteiger charge is 2.12. The van der Waals surface area contributed by atoms with Gasteiger partial charge in [0.2, 0.25) is 0 Å². The lowest BCUT2D eigenvalue weighted by atomic mass is 10.1. The van der Waals surface area contributed by atoms with E-state index in [0.29, 0.717) is 0 Å². The average molecular weight is 170 g/mol. The van der Waals surface area contributed by atoms with Crippen molar-refractivity contribution < 1.29 is 0 Å². The van der Waals surface area contributed by atoms with Gasteiger partial charge in [0.05, 0.1) is 0 Å². The molecule has 0 spiro atoms. The van der Waals surface area contributed by atoms with Crippen LogP contribution in [0.15, 0.2) is 0 Å². The highest BCUT2D eigenvalue weighted by molar-refractivity contribution is 4.73. The zero-order valence-corrected chi connectivity index (χ0v) is 8.47. The Kier molecular flexibility index (Phi) is 4.62. The van der Waals surface area contributed by atoms with E-state index in [1.165, 1.54) is 38.8 Å². The predicted molar refractivity (Wildman–Crippen MR) is 53.4 cm³/mol. The smallest absolute Gasteiger partial charge is 0.0194 e. The fourth-order valence-electron chi connectivity index (χ4n) is 1.76. The maximum Gasteiger partial charge on any atom is 0.0194 e. The molecule has 1 heterocycles. The fraction of sp³-hybridized carbons (Fsp3) is 1.00. The van der Waals surface area contributed by atoms with Crippen LogP contribution < -0.4 is 5.32 Å². The highest BCUT2D eigenvalue weighted by atomic mass is 15.1. The van der Waals surface area contributed by atoms with Gasteiger partial charge in [-0.05, 0) is 33.0 Å². The molecule has 1 atom stereocenters. The van der Waals surface area contributed by atoms with Crippen LogP contribution in [0.25, 0.3) is 0 Å². The van der Waals surface area contributed by atoms with Crippen molar-refractivity contribution in [3.8, 4) is 0 Å². The summed E-state index contributed by atoms with van der Waals surface area (Å²) < 4.78 is 0. The summed E-state index contributed by atoms with van der Waals surface area (Å²) in [5.74, 6) is 0. The van der Waals surface area contributed by atoms with Crippen LogP contribution in [0.5, 0.6) is 0 Å². The first-order chi connectivity index (χ1) is 5.83. The molecular formula is C10H22N2. The third kappa shape index (κ3) is 3.55. The van der Waals surface area contributed by atoms with Gasteiger partial charge in [0.25, 0.3) is 0 Å². The van der Waals surface area contributed by atoms with Gasteiger partial charge >= 0.3 is 0 Å². The number of likely N-dealkylation sites (N-methyl/N-ethyl adjacent to an activating group) is 1. The molecule has 0 aliphatic carbocycles. The first kappa shape index (κ1) is 10.0. The van der Waals surface area contributed by atoms with Gasteiger partial charge in [0.1, 0.15) is 0 Å². The quantitative estimate of drug-likeness (QED) is 0.690. The molecule has 1 aliphatic heterocycles. The molecule has 2 nitrogen and oxygen atoms in total. The molecular weight excluding hydrogens is 148 g/mol. The Bertz CT molecular complexity index is 106. The second kappa shape index (κ2) is 5.55. The van der Waals surface area contributed by atoms with E-state index in [1.54, 1.807) is 0 Å². The van der Waals surface area contributed by atoms with Crippen LogP contribution in [0.2, 0.25) is 0 Å². The van der Waals surface area contributed by atoms with Gasteiger partial charge in [-0.2, -0.15) is 0 Å². The number of nitrogens with zero attached hydrogens (tertiary/aromatic N) is 1. The Labute approximate surface area is 76.3 Å². The van der Waals surface area contributed by atoms with Crippen molar-refractivity contribution >= 4 is 0 Å². The van der Waals surface area contributed by atoms with Gasteiger partial charge in [-0.3, -0.25) is 0 Å². The molecule has 0 aromatic heterocycles. The summed E-state index contributed by atoms with van der Waals surface area (Å²) in [5, 5.41) is 3.61.